The molecule has 1 amide bonds. The lowest BCUT2D eigenvalue weighted by atomic mass is 9.94. The first-order valence-electron chi connectivity index (χ1n) is 7.16. The zero-order valence-corrected chi connectivity index (χ0v) is 12.8. The minimum absolute atomic E-state index is 0.0622. The van der Waals surface area contributed by atoms with Gasteiger partial charge in [-0.15, -0.1) is 0 Å². The molecule has 0 saturated carbocycles. The standard InChI is InChI=1S/C16H24N2O3/c1-10(2)7-12(8-15(19)20)9-18-16(21)13-5-4-6-14(17)11(13)3/h4-6,10,12H,7-9,17H2,1-3H3,(H,18,21)(H,19,20)/t12-/m0/s1. The third kappa shape index (κ3) is 5.45. The lowest BCUT2D eigenvalue weighted by Gasteiger charge is -2.18. The number of anilines is 1. The topological polar surface area (TPSA) is 92.4 Å². The van der Waals surface area contributed by atoms with Crippen LogP contribution >= 0.6 is 0 Å². The molecule has 0 aliphatic carbocycles. The highest BCUT2D eigenvalue weighted by atomic mass is 16.4. The highest BCUT2D eigenvalue weighted by Crippen LogP contribution is 2.17. The number of carboxylic acids is 1. The van der Waals surface area contributed by atoms with E-state index in [1.165, 1.54) is 0 Å². The van der Waals surface area contributed by atoms with E-state index in [1.54, 1.807) is 25.1 Å². The van der Waals surface area contributed by atoms with Gasteiger partial charge in [0.05, 0.1) is 0 Å². The Balaban J connectivity index is 2.68. The van der Waals surface area contributed by atoms with Crippen molar-refractivity contribution in [3.05, 3.63) is 29.3 Å². The molecule has 1 aromatic carbocycles. The van der Waals surface area contributed by atoms with Crippen LogP contribution in [0.5, 0.6) is 0 Å². The number of amides is 1. The maximum atomic E-state index is 12.2. The summed E-state index contributed by atoms with van der Waals surface area (Å²) in [7, 11) is 0. The van der Waals surface area contributed by atoms with Crippen molar-refractivity contribution < 1.29 is 14.7 Å². The number of carbonyl (C=O) groups excluding carboxylic acids is 1. The normalized spacial score (nSPS) is 12.2. The van der Waals surface area contributed by atoms with Crippen LogP contribution in [0.15, 0.2) is 18.2 Å². The number of nitrogens with one attached hydrogen (secondary N) is 1. The van der Waals surface area contributed by atoms with Gasteiger partial charge in [0.2, 0.25) is 0 Å². The molecule has 0 spiro atoms. The van der Waals surface area contributed by atoms with Gasteiger partial charge in [-0.05, 0) is 42.9 Å². The Morgan fingerprint density at radius 3 is 2.57 bits per heavy atom. The predicted octanol–water partition coefficient (Wildman–Crippen LogP) is 2.44. The second kappa shape index (κ2) is 7.67. The average Bonchev–Trinajstić information content (AvgIpc) is 2.37. The molecule has 116 valence electrons. The van der Waals surface area contributed by atoms with Crippen molar-refractivity contribution in [3.8, 4) is 0 Å². The number of carbonyl (C=O) groups is 2. The van der Waals surface area contributed by atoms with Crippen molar-refractivity contribution in [2.24, 2.45) is 11.8 Å². The minimum Gasteiger partial charge on any atom is -0.481 e. The van der Waals surface area contributed by atoms with Gasteiger partial charge >= 0.3 is 5.97 Å². The van der Waals surface area contributed by atoms with Gasteiger partial charge in [0.15, 0.2) is 0 Å². The molecular weight excluding hydrogens is 268 g/mol. The van der Waals surface area contributed by atoms with Crippen LogP contribution in [0.3, 0.4) is 0 Å². The highest BCUT2D eigenvalue weighted by molar-refractivity contribution is 5.96. The number of carboxylic acid groups (broad SMARTS) is 1. The highest BCUT2D eigenvalue weighted by Gasteiger charge is 2.17. The van der Waals surface area contributed by atoms with E-state index >= 15 is 0 Å². The molecule has 0 fully saturated rings. The van der Waals surface area contributed by atoms with Crippen molar-refractivity contribution in [2.75, 3.05) is 12.3 Å². The fraction of sp³-hybridized carbons (Fsp3) is 0.500. The smallest absolute Gasteiger partial charge is 0.303 e. The number of hydrogen-bond donors (Lipinski definition) is 3. The molecule has 5 heteroatoms. The molecule has 5 nitrogen and oxygen atoms in total. The Kier molecular flexibility index (Phi) is 6.21. The molecule has 0 bridgehead atoms. The maximum Gasteiger partial charge on any atom is 0.303 e. The largest absolute Gasteiger partial charge is 0.481 e. The Morgan fingerprint density at radius 1 is 1.33 bits per heavy atom. The molecule has 21 heavy (non-hydrogen) atoms. The molecule has 1 aromatic rings. The predicted molar refractivity (Wildman–Crippen MR) is 83.1 cm³/mol. The zero-order valence-electron chi connectivity index (χ0n) is 12.8. The first-order chi connectivity index (χ1) is 9.81. The molecule has 4 N–H and O–H groups in total. The van der Waals surface area contributed by atoms with E-state index < -0.39 is 5.97 Å². The Hall–Kier alpha value is -2.04. The summed E-state index contributed by atoms with van der Waals surface area (Å²) in [5, 5.41) is 11.8. The molecular formula is C16H24N2O3. The Labute approximate surface area is 125 Å². The summed E-state index contributed by atoms with van der Waals surface area (Å²) < 4.78 is 0. The number of aliphatic carboxylic acids is 1. The Bertz CT molecular complexity index is 512. The molecule has 0 saturated heterocycles. The summed E-state index contributed by atoms with van der Waals surface area (Å²) >= 11 is 0. The van der Waals surface area contributed by atoms with Crippen LogP contribution in [0.25, 0.3) is 0 Å². The molecule has 0 heterocycles. The fourth-order valence-corrected chi connectivity index (χ4v) is 2.38. The minimum atomic E-state index is -0.838. The van der Waals surface area contributed by atoms with E-state index in [1.807, 2.05) is 13.8 Å². The monoisotopic (exact) mass is 292 g/mol. The second-order valence-corrected chi connectivity index (χ2v) is 5.82. The van der Waals surface area contributed by atoms with Crippen LogP contribution in [0, 0.1) is 18.8 Å². The summed E-state index contributed by atoms with van der Waals surface area (Å²) in [5.41, 5.74) is 7.64. The second-order valence-electron chi connectivity index (χ2n) is 5.82. The van der Waals surface area contributed by atoms with Crippen LogP contribution in [0.4, 0.5) is 5.69 Å². The van der Waals surface area contributed by atoms with Gasteiger partial charge in [-0.3, -0.25) is 9.59 Å². The van der Waals surface area contributed by atoms with Gasteiger partial charge in [-0.25, -0.2) is 0 Å². The third-order valence-electron chi connectivity index (χ3n) is 3.44. The maximum absolute atomic E-state index is 12.2. The van der Waals surface area contributed by atoms with Crippen molar-refractivity contribution in [1.29, 1.82) is 0 Å². The van der Waals surface area contributed by atoms with Gasteiger partial charge in [-0.1, -0.05) is 19.9 Å². The summed E-state index contributed by atoms with van der Waals surface area (Å²) in [6.45, 7) is 6.24. The summed E-state index contributed by atoms with van der Waals surface area (Å²) in [4.78, 5) is 23.1. The number of rotatable bonds is 7. The molecule has 0 radical (unpaired) electrons. The fourth-order valence-electron chi connectivity index (χ4n) is 2.38. The van der Waals surface area contributed by atoms with Crippen LogP contribution in [0.1, 0.15) is 42.6 Å². The summed E-state index contributed by atoms with van der Waals surface area (Å²) in [5.74, 6) is -0.720. The van der Waals surface area contributed by atoms with Gasteiger partial charge in [-0.2, -0.15) is 0 Å². The molecule has 1 rings (SSSR count). The van der Waals surface area contributed by atoms with Gasteiger partial charge in [0.1, 0.15) is 0 Å². The third-order valence-corrected chi connectivity index (χ3v) is 3.44. The molecule has 0 aliphatic rings. The van der Waals surface area contributed by atoms with Crippen molar-refractivity contribution in [3.63, 3.8) is 0 Å². The van der Waals surface area contributed by atoms with Crippen LogP contribution < -0.4 is 11.1 Å². The number of nitrogen functional groups attached to an aromatic ring is 1. The van der Waals surface area contributed by atoms with E-state index in [0.717, 1.165) is 12.0 Å². The summed E-state index contributed by atoms with van der Waals surface area (Å²) in [6.07, 6.45) is 0.830. The van der Waals surface area contributed by atoms with Crippen molar-refractivity contribution >= 4 is 17.6 Å². The van der Waals surface area contributed by atoms with Gasteiger partial charge in [0, 0.05) is 24.2 Å². The van der Waals surface area contributed by atoms with Crippen molar-refractivity contribution in [2.45, 2.75) is 33.6 Å². The Morgan fingerprint density at radius 2 is 2.00 bits per heavy atom. The summed E-state index contributed by atoms with van der Waals surface area (Å²) in [6, 6.07) is 5.20. The molecule has 0 aliphatic heterocycles. The van der Waals surface area contributed by atoms with Gasteiger partial charge < -0.3 is 16.2 Å². The first kappa shape index (κ1) is 17.0. The lowest BCUT2D eigenvalue weighted by Crippen LogP contribution is -2.31. The van der Waals surface area contributed by atoms with E-state index in [-0.39, 0.29) is 18.2 Å². The number of hydrogen-bond acceptors (Lipinski definition) is 3. The quantitative estimate of drug-likeness (QED) is 0.673. The molecule has 0 unspecified atom stereocenters. The molecule has 1 atom stereocenters. The van der Waals surface area contributed by atoms with Gasteiger partial charge in [0.25, 0.3) is 5.91 Å². The van der Waals surface area contributed by atoms with E-state index in [2.05, 4.69) is 5.32 Å². The van der Waals surface area contributed by atoms with Crippen molar-refractivity contribution in [1.82, 2.24) is 5.32 Å². The van der Waals surface area contributed by atoms with Crippen LogP contribution in [0.2, 0.25) is 0 Å². The lowest BCUT2D eigenvalue weighted by molar-refractivity contribution is -0.138. The van der Waals surface area contributed by atoms with E-state index in [0.29, 0.717) is 23.7 Å². The van der Waals surface area contributed by atoms with Crippen LogP contribution in [-0.4, -0.2) is 23.5 Å². The number of nitrogens with two attached hydrogens (primary N) is 1. The van der Waals surface area contributed by atoms with E-state index in [4.69, 9.17) is 10.8 Å². The SMILES string of the molecule is Cc1c(N)cccc1C(=O)NC[C@H](CC(=O)O)CC(C)C. The first-order valence-corrected chi connectivity index (χ1v) is 7.16. The molecule has 0 aromatic heterocycles. The van der Waals surface area contributed by atoms with E-state index in [9.17, 15) is 9.59 Å². The zero-order chi connectivity index (χ0) is 16.0. The van der Waals surface area contributed by atoms with Crippen LogP contribution in [-0.2, 0) is 4.79 Å². The number of benzene rings is 1. The average molecular weight is 292 g/mol.